The molecule has 1 saturated heterocycles. The highest BCUT2D eigenvalue weighted by Crippen LogP contribution is 2.24. The summed E-state index contributed by atoms with van der Waals surface area (Å²) >= 11 is 0. The van der Waals surface area contributed by atoms with Crippen LogP contribution >= 0.6 is 0 Å². The van der Waals surface area contributed by atoms with Gasteiger partial charge in [-0.3, -0.25) is 0 Å². The number of rotatable bonds is 4. The van der Waals surface area contributed by atoms with Gasteiger partial charge in [-0.05, 0) is 37.8 Å². The molecule has 2 aliphatic rings. The van der Waals surface area contributed by atoms with E-state index in [1.165, 1.54) is 19.3 Å². The molecular formula is C16H25N3O2. The molecule has 2 atom stereocenters. The molecule has 1 aromatic rings. The lowest BCUT2D eigenvalue weighted by Gasteiger charge is -2.30. The van der Waals surface area contributed by atoms with Crippen molar-refractivity contribution < 1.29 is 9.47 Å². The molecular weight excluding hydrogens is 266 g/mol. The average Bonchev–Trinajstić information content (AvgIpc) is 2.56. The number of nitrogens with one attached hydrogen (secondary N) is 1. The highest BCUT2D eigenvalue weighted by molar-refractivity contribution is 5.49. The lowest BCUT2D eigenvalue weighted by atomic mass is 9.93. The first kappa shape index (κ1) is 14.6. The minimum Gasteiger partial charge on any atom is -0.381 e. The van der Waals surface area contributed by atoms with Crippen LogP contribution in [0.25, 0.3) is 0 Å². The van der Waals surface area contributed by atoms with E-state index < -0.39 is 0 Å². The van der Waals surface area contributed by atoms with Crippen LogP contribution in [0.1, 0.15) is 25.7 Å². The molecule has 1 aliphatic heterocycles. The average molecular weight is 291 g/mol. The van der Waals surface area contributed by atoms with E-state index in [2.05, 4.69) is 27.3 Å². The van der Waals surface area contributed by atoms with Gasteiger partial charge in [0, 0.05) is 26.2 Å². The molecule has 0 spiro atoms. The van der Waals surface area contributed by atoms with Crippen LogP contribution in [0, 0.1) is 0 Å². The van der Waals surface area contributed by atoms with Crippen LogP contribution in [0.4, 0.5) is 11.5 Å². The number of hydrogen-bond acceptors (Lipinski definition) is 5. The second-order valence-electron chi connectivity index (χ2n) is 5.87. The van der Waals surface area contributed by atoms with Gasteiger partial charge >= 0.3 is 0 Å². The summed E-state index contributed by atoms with van der Waals surface area (Å²) in [5.74, 6) is 1.04. The molecule has 3 rings (SSSR count). The van der Waals surface area contributed by atoms with Gasteiger partial charge in [0.15, 0.2) is 0 Å². The molecule has 21 heavy (non-hydrogen) atoms. The fourth-order valence-corrected chi connectivity index (χ4v) is 3.18. The summed E-state index contributed by atoms with van der Waals surface area (Å²) in [4.78, 5) is 6.86. The summed E-state index contributed by atoms with van der Waals surface area (Å²) < 4.78 is 10.9. The highest BCUT2D eigenvalue weighted by Gasteiger charge is 2.21. The second kappa shape index (κ2) is 7.09. The second-order valence-corrected chi connectivity index (χ2v) is 5.87. The van der Waals surface area contributed by atoms with Crippen molar-refractivity contribution in [1.82, 2.24) is 4.98 Å². The molecule has 1 saturated carbocycles. The third-order valence-corrected chi connectivity index (χ3v) is 4.41. The third-order valence-electron chi connectivity index (χ3n) is 4.41. The Hall–Kier alpha value is -1.33. The van der Waals surface area contributed by atoms with E-state index in [-0.39, 0.29) is 0 Å². The molecule has 1 aliphatic carbocycles. The Morgan fingerprint density at radius 2 is 2.14 bits per heavy atom. The monoisotopic (exact) mass is 291 g/mol. The minimum absolute atomic E-state index is 0.400. The Bertz CT molecular complexity index is 432. The topological polar surface area (TPSA) is 46.6 Å². The van der Waals surface area contributed by atoms with E-state index in [9.17, 15) is 0 Å². The molecule has 2 unspecified atom stereocenters. The summed E-state index contributed by atoms with van der Waals surface area (Å²) in [5.41, 5.74) is 1.11. The van der Waals surface area contributed by atoms with Gasteiger partial charge in [-0.1, -0.05) is 0 Å². The molecule has 0 aromatic carbocycles. The molecule has 5 heteroatoms. The van der Waals surface area contributed by atoms with Crippen LogP contribution in [-0.4, -0.2) is 50.5 Å². The van der Waals surface area contributed by atoms with Crippen molar-refractivity contribution in [3.8, 4) is 0 Å². The Labute approximate surface area is 126 Å². The summed E-state index contributed by atoms with van der Waals surface area (Å²) in [5, 5.41) is 3.59. The minimum atomic E-state index is 0.400. The van der Waals surface area contributed by atoms with Crippen molar-refractivity contribution >= 4 is 11.5 Å². The zero-order valence-corrected chi connectivity index (χ0v) is 12.8. The number of pyridine rings is 1. The van der Waals surface area contributed by atoms with Crippen molar-refractivity contribution in [2.45, 2.75) is 37.8 Å². The van der Waals surface area contributed by atoms with Crippen molar-refractivity contribution in [3.05, 3.63) is 18.3 Å². The number of ether oxygens (including phenoxy) is 2. The molecule has 2 fully saturated rings. The van der Waals surface area contributed by atoms with Crippen LogP contribution in [0.3, 0.4) is 0 Å². The Balaban J connectivity index is 1.56. The molecule has 5 nitrogen and oxygen atoms in total. The van der Waals surface area contributed by atoms with Crippen molar-refractivity contribution in [1.29, 1.82) is 0 Å². The quantitative estimate of drug-likeness (QED) is 0.922. The number of anilines is 2. The summed E-state index contributed by atoms with van der Waals surface area (Å²) in [6.45, 7) is 3.44. The largest absolute Gasteiger partial charge is 0.381 e. The molecule has 1 aromatic heterocycles. The number of methoxy groups -OCH3 is 1. The third kappa shape index (κ3) is 3.86. The van der Waals surface area contributed by atoms with Crippen molar-refractivity contribution in [2.75, 3.05) is 43.6 Å². The first-order valence-electron chi connectivity index (χ1n) is 7.93. The van der Waals surface area contributed by atoms with Crippen molar-refractivity contribution in [2.24, 2.45) is 0 Å². The van der Waals surface area contributed by atoms with Gasteiger partial charge in [0.1, 0.15) is 5.82 Å². The van der Waals surface area contributed by atoms with Gasteiger partial charge in [0.25, 0.3) is 0 Å². The maximum atomic E-state index is 5.48. The molecule has 0 amide bonds. The number of aromatic nitrogens is 1. The van der Waals surface area contributed by atoms with Gasteiger partial charge in [0.2, 0.25) is 0 Å². The normalized spacial score (nSPS) is 26.6. The van der Waals surface area contributed by atoms with E-state index in [1.54, 1.807) is 0 Å². The Kier molecular flexibility index (Phi) is 4.93. The van der Waals surface area contributed by atoms with Gasteiger partial charge < -0.3 is 19.7 Å². The predicted octanol–water partition coefficient (Wildman–Crippen LogP) is 2.29. The zero-order chi connectivity index (χ0) is 14.5. The fraction of sp³-hybridized carbons (Fsp3) is 0.688. The molecule has 2 heterocycles. The molecule has 0 bridgehead atoms. The van der Waals surface area contributed by atoms with E-state index >= 15 is 0 Å². The van der Waals surface area contributed by atoms with Crippen LogP contribution in [0.15, 0.2) is 18.3 Å². The standard InChI is InChI=1S/C16H25N3O2/c1-20-15-4-2-3-13(11-15)18-14-5-6-16(17-12-14)19-7-9-21-10-8-19/h5-6,12-13,15,18H,2-4,7-11H2,1H3. The van der Waals surface area contributed by atoms with Crippen LogP contribution in [-0.2, 0) is 9.47 Å². The van der Waals surface area contributed by atoms with Gasteiger partial charge in [-0.2, -0.15) is 0 Å². The summed E-state index contributed by atoms with van der Waals surface area (Å²) in [6.07, 6.45) is 7.06. The Morgan fingerprint density at radius 1 is 1.29 bits per heavy atom. The lowest BCUT2D eigenvalue weighted by molar-refractivity contribution is 0.0669. The SMILES string of the molecule is COC1CCCC(Nc2ccc(N3CCOCC3)nc2)C1. The van der Waals surface area contributed by atoms with E-state index in [4.69, 9.17) is 9.47 Å². The molecule has 116 valence electrons. The lowest BCUT2D eigenvalue weighted by Crippen LogP contribution is -2.36. The summed E-state index contributed by atoms with van der Waals surface area (Å²) in [7, 11) is 1.81. The first-order valence-corrected chi connectivity index (χ1v) is 7.93. The van der Waals surface area contributed by atoms with Crippen LogP contribution in [0.5, 0.6) is 0 Å². The zero-order valence-electron chi connectivity index (χ0n) is 12.8. The number of hydrogen-bond donors (Lipinski definition) is 1. The highest BCUT2D eigenvalue weighted by atomic mass is 16.5. The van der Waals surface area contributed by atoms with Gasteiger partial charge in [-0.25, -0.2) is 4.98 Å². The van der Waals surface area contributed by atoms with Gasteiger partial charge in [0.05, 0.1) is 31.2 Å². The molecule has 0 radical (unpaired) electrons. The number of morpholine rings is 1. The maximum absolute atomic E-state index is 5.48. The van der Waals surface area contributed by atoms with Crippen LogP contribution in [0.2, 0.25) is 0 Å². The van der Waals surface area contributed by atoms with E-state index in [1.807, 2.05) is 13.3 Å². The Morgan fingerprint density at radius 3 is 2.86 bits per heavy atom. The smallest absolute Gasteiger partial charge is 0.128 e. The molecule has 1 N–H and O–H groups in total. The first-order chi connectivity index (χ1) is 10.3. The van der Waals surface area contributed by atoms with E-state index in [0.717, 1.165) is 44.2 Å². The predicted molar refractivity (Wildman–Crippen MR) is 83.9 cm³/mol. The van der Waals surface area contributed by atoms with E-state index in [0.29, 0.717) is 12.1 Å². The number of nitrogens with zero attached hydrogens (tertiary/aromatic N) is 2. The van der Waals surface area contributed by atoms with Crippen LogP contribution < -0.4 is 10.2 Å². The maximum Gasteiger partial charge on any atom is 0.128 e. The van der Waals surface area contributed by atoms with Gasteiger partial charge in [-0.15, -0.1) is 0 Å². The van der Waals surface area contributed by atoms with Crippen molar-refractivity contribution in [3.63, 3.8) is 0 Å². The summed E-state index contributed by atoms with van der Waals surface area (Å²) in [6, 6.07) is 4.73. The fourth-order valence-electron chi connectivity index (χ4n) is 3.18.